The van der Waals surface area contributed by atoms with Gasteiger partial charge in [-0.1, -0.05) is 43.3 Å². The lowest BCUT2D eigenvalue weighted by molar-refractivity contribution is 0.584. The monoisotopic (exact) mass is 275 g/mol. The lowest BCUT2D eigenvalue weighted by atomic mass is 10.1. The molecule has 0 aliphatic heterocycles. The summed E-state index contributed by atoms with van der Waals surface area (Å²) in [5.41, 5.74) is 2.63. The Morgan fingerprint density at radius 2 is 2.16 bits per heavy atom. The summed E-state index contributed by atoms with van der Waals surface area (Å²) in [7, 11) is 2.02. The van der Waals surface area contributed by atoms with Crippen LogP contribution in [-0.2, 0) is 13.6 Å². The highest BCUT2D eigenvalue weighted by molar-refractivity contribution is 7.99. The van der Waals surface area contributed by atoms with Crippen LogP contribution in [0.25, 0.3) is 0 Å². The molecular weight excluding hydrogens is 254 g/mol. The van der Waals surface area contributed by atoms with Crippen LogP contribution in [0.1, 0.15) is 25.0 Å². The third kappa shape index (κ3) is 3.85. The minimum Gasteiger partial charge on any atom is -0.329 e. The molecule has 102 valence electrons. The van der Waals surface area contributed by atoms with Crippen molar-refractivity contribution in [1.82, 2.24) is 14.9 Å². The Kier molecular flexibility index (Phi) is 4.66. The maximum Gasteiger partial charge on any atom is 0.172 e. The van der Waals surface area contributed by atoms with Crippen LogP contribution in [0.4, 0.5) is 0 Å². The lowest BCUT2D eigenvalue weighted by Gasteiger charge is -2.13. The van der Waals surface area contributed by atoms with Gasteiger partial charge in [-0.25, -0.2) is 4.98 Å². The molecule has 0 saturated carbocycles. The summed E-state index contributed by atoms with van der Waals surface area (Å²) in [6.45, 7) is 7.36. The highest BCUT2D eigenvalue weighted by Crippen LogP contribution is 2.29. The largest absolute Gasteiger partial charge is 0.329 e. The van der Waals surface area contributed by atoms with Crippen LogP contribution in [0.15, 0.2) is 40.6 Å². The number of aryl methyl sites for hydroxylation is 2. The molecule has 0 saturated heterocycles. The van der Waals surface area contributed by atoms with Crippen molar-refractivity contribution in [3.05, 3.63) is 41.7 Å². The second kappa shape index (κ2) is 6.26. The van der Waals surface area contributed by atoms with E-state index in [-0.39, 0.29) is 0 Å². The van der Waals surface area contributed by atoms with E-state index in [0.29, 0.717) is 6.04 Å². The van der Waals surface area contributed by atoms with Crippen LogP contribution in [0.2, 0.25) is 0 Å². The van der Waals surface area contributed by atoms with Crippen molar-refractivity contribution in [3.8, 4) is 0 Å². The van der Waals surface area contributed by atoms with E-state index in [9.17, 15) is 0 Å². The molecule has 4 heteroatoms. The standard InChI is InChI=1S/C15H21N3S/c1-11(2)17-10-13-9-12(3)5-6-14(13)19-15-16-7-8-18(15)4/h5-9,11,17H,10H2,1-4H3. The molecule has 1 aromatic carbocycles. The van der Waals surface area contributed by atoms with Crippen molar-refractivity contribution in [3.63, 3.8) is 0 Å². The van der Waals surface area contributed by atoms with Gasteiger partial charge in [0.05, 0.1) is 0 Å². The van der Waals surface area contributed by atoms with E-state index in [0.717, 1.165) is 11.7 Å². The summed E-state index contributed by atoms with van der Waals surface area (Å²) in [6.07, 6.45) is 3.81. The van der Waals surface area contributed by atoms with Gasteiger partial charge in [0.15, 0.2) is 5.16 Å². The second-order valence-electron chi connectivity index (χ2n) is 5.07. The Labute approximate surface area is 119 Å². The molecule has 1 heterocycles. The Morgan fingerprint density at radius 1 is 1.37 bits per heavy atom. The van der Waals surface area contributed by atoms with Crippen molar-refractivity contribution < 1.29 is 0 Å². The molecule has 1 N–H and O–H groups in total. The summed E-state index contributed by atoms with van der Waals surface area (Å²) >= 11 is 1.72. The SMILES string of the molecule is Cc1ccc(Sc2nccn2C)c(CNC(C)C)c1. The first-order valence-corrected chi connectivity index (χ1v) is 7.36. The molecule has 1 aromatic heterocycles. The molecule has 0 fully saturated rings. The first-order valence-electron chi connectivity index (χ1n) is 6.54. The topological polar surface area (TPSA) is 29.9 Å². The van der Waals surface area contributed by atoms with E-state index in [1.807, 2.05) is 24.0 Å². The minimum absolute atomic E-state index is 0.492. The molecule has 3 nitrogen and oxygen atoms in total. The molecule has 0 aliphatic rings. The van der Waals surface area contributed by atoms with E-state index in [4.69, 9.17) is 0 Å². The number of nitrogens with one attached hydrogen (secondary N) is 1. The lowest BCUT2D eigenvalue weighted by Crippen LogP contribution is -2.22. The summed E-state index contributed by atoms with van der Waals surface area (Å²) in [5, 5.41) is 4.51. The zero-order chi connectivity index (χ0) is 13.8. The highest BCUT2D eigenvalue weighted by Gasteiger charge is 2.08. The van der Waals surface area contributed by atoms with Gasteiger partial charge in [0.2, 0.25) is 0 Å². The Balaban J connectivity index is 2.21. The number of imidazole rings is 1. The molecule has 2 rings (SSSR count). The normalized spacial score (nSPS) is 11.2. The van der Waals surface area contributed by atoms with Gasteiger partial charge in [-0.15, -0.1) is 0 Å². The van der Waals surface area contributed by atoms with Crippen LogP contribution < -0.4 is 5.32 Å². The summed E-state index contributed by atoms with van der Waals surface area (Å²) in [4.78, 5) is 5.65. The molecule has 0 unspecified atom stereocenters. The fourth-order valence-electron chi connectivity index (χ4n) is 1.81. The van der Waals surface area contributed by atoms with Crippen LogP contribution in [-0.4, -0.2) is 15.6 Å². The van der Waals surface area contributed by atoms with Gasteiger partial charge in [0.25, 0.3) is 0 Å². The Morgan fingerprint density at radius 3 is 2.79 bits per heavy atom. The fraction of sp³-hybridized carbons (Fsp3) is 0.400. The van der Waals surface area contributed by atoms with Crippen molar-refractivity contribution in [2.24, 2.45) is 7.05 Å². The zero-order valence-electron chi connectivity index (χ0n) is 12.0. The molecule has 2 aromatic rings. The molecule has 0 amide bonds. The van der Waals surface area contributed by atoms with Gasteiger partial charge in [0.1, 0.15) is 0 Å². The minimum atomic E-state index is 0.492. The molecule has 0 spiro atoms. The second-order valence-corrected chi connectivity index (χ2v) is 6.08. The van der Waals surface area contributed by atoms with Crippen molar-refractivity contribution in [2.45, 2.75) is 43.4 Å². The van der Waals surface area contributed by atoms with Gasteiger partial charge in [-0.05, 0) is 18.6 Å². The maximum absolute atomic E-state index is 4.38. The van der Waals surface area contributed by atoms with Crippen LogP contribution in [0.5, 0.6) is 0 Å². The molecule has 0 bridgehead atoms. The van der Waals surface area contributed by atoms with E-state index >= 15 is 0 Å². The van der Waals surface area contributed by atoms with Gasteiger partial charge in [0, 0.05) is 36.9 Å². The summed E-state index contributed by atoms with van der Waals surface area (Å²) in [5.74, 6) is 0. The van der Waals surface area contributed by atoms with Crippen molar-refractivity contribution >= 4 is 11.8 Å². The van der Waals surface area contributed by atoms with Crippen molar-refractivity contribution in [2.75, 3.05) is 0 Å². The first kappa shape index (κ1) is 14.2. The number of aromatic nitrogens is 2. The molecule has 0 aliphatic carbocycles. The van der Waals surface area contributed by atoms with E-state index in [1.54, 1.807) is 11.8 Å². The Bertz CT molecular complexity index is 546. The van der Waals surface area contributed by atoms with Gasteiger partial charge in [-0.3, -0.25) is 0 Å². The quantitative estimate of drug-likeness (QED) is 0.907. The van der Waals surface area contributed by atoms with E-state index in [1.165, 1.54) is 16.0 Å². The van der Waals surface area contributed by atoms with Crippen molar-refractivity contribution in [1.29, 1.82) is 0 Å². The third-order valence-corrected chi connectivity index (χ3v) is 4.09. The predicted molar refractivity (Wildman–Crippen MR) is 80.5 cm³/mol. The number of benzene rings is 1. The van der Waals surface area contributed by atoms with Gasteiger partial charge < -0.3 is 9.88 Å². The summed E-state index contributed by atoms with van der Waals surface area (Å²) in [6, 6.07) is 7.09. The van der Waals surface area contributed by atoms with Crippen LogP contribution >= 0.6 is 11.8 Å². The van der Waals surface area contributed by atoms with Gasteiger partial charge in [-0.2, -0.15) is 0 Å². The molecule has 0 atom stereocenters. The maximum atomic E-state index is 4.38. The van der Waals surface area contributed by atoms with E-state index < -0.39 is 0 Å². The number of hydrogen-bond acceptors (Lipinski definition) is 3. The zero-order valence-corrected chi connectivity index (χ0v) is 12.8. The van der Waals surface area contributed by atoms with Crippen LogP contribution in [0.3, 0.4) is 0 Å². The average Bonchev–Trinajstić information content (AvgIpc) is 2.75. The molecule has 19 heavy (non-hydrogen) atoms. The smallest absolute Gasteiger partial charge is 0.172 e. The molecule has 0 radical (unpaired) electrons. The third-order valence-electron chi connectivity index (χ3n) is 2.89. The Hall–Kier alpha value is -1.26. The average molecular weight is 275 g/mol. The first-order chi connectivity index (χ1) is 9.06. The van der Waals surface area contributed by atoms with E-state index in [2.05, 4.69) is 49.3 Å². The highest BCUT2D eigenvalue weighted by atomic mass is 32.2. The fourth-order valence-corrected chi connectivity index (χ4v) is 2.72. The number of nitrogens with zero attached hydrogens (tertiary/aromatic N) is 2. The number of hydrogen-bond donors (Lipinski definition) is 1. The predicted octanol–water partition coefficient (Wildman–Crippen LogP) is 3.38. The van der Waals surface area contributed by atoms with Gasteiger partial charge >= 0.3 is 0 Å². The van der Waals surface area contributed by atoms with Crippen LogP contribution in [0, 0.1) is 6.92 Å². The summed E-state index contributed by atoms with van der Waals surface area (Å²) < 4.78 is 2.05. The number of rotatable bonds is 5. The molecular formula is C15H21N3S.